The van der Waals surface area contributed by atoms with Crippen LogP contribution in [0.15, 0.2) is 24.3 Å². The number of alkyl carbamates (subject to hydrolysis) is 1. The lowest BCUT2D eigenvalue weighted by Gasteiger charge is -2.09. The second kappa shape index (κ2) is 3.57. The maximum absolute atomic E-state index is 11.0. The molecule has 74 valence electrons. The van der Waals surface area contributed by atoms with Gasteiger partial charge in [-0.2, -0.15) is 0 Å². The van der Waals surface area contributed by atoms with Crippen molar-refractivity contribution >= 4 is 6.09 Å². The van der Waals surface area contributed by atoms with Gasteiger partial charge in [0.15, 0.2) is 0 Å². The molecule has 0 aromatic heterocycles. The van der Waals surface area contributed by atoms with Crippen LogP contribution in [-0.4, -0.2) is 19.8 Å². The van der Waals surface area contributed by atoms with Crippen molar-refractivity contribution in [3.05, 3.63) is 29.8 Å². The van der Waals surface area contributed by atoms with Crippen molar-refractivity contribution in [3.8, 4) is 5.75 Å². The van der Waals surface area contributed by atoms with Gasteiger partial charge in [0.05, 0.1) is 13.2 Å². The summed E-state index contributed by atoms with van der Waals surface area (Å²) in [6.07, 6.45) is -0.435. The fourth-order valence-corrected chi connectivity index (χ4v) is 1.48. The molecule has 1 aliphatic heterocycles. The predicted molar refractivity (Wildman–Crippen MR) is 50.2 cm³/mol. The Kier molecular flexibility index (Phi) is 2.26. The molecule has 0 saturated heterocycles. The number of hydrogen-bond donors (Lipinski definition) is 1. The number of para-hydroxylation sites is 1. The summed E-state index contributed by atoms with van der Waals surface area (Å²) in [7, 11) is 1.34. The Morgan fingerprint density at radius 1 is 1.57 bits per heavy atom. The van der Waals surface area contributed by atoms with Crippen molar-refractivity contribution in [2.24, 2.45) is 0 Å². The van der Waals surface area contributed by atoms with Crippen LogP contribution in [0.2, 0.25) is 0 Å². The zero-order valence-corrected chi connectivity index (χ0v) is 7.82. The van der Waals surface area contributed by atoms with Crippen molar-refractivity contribution in [2.75, 3.05) is 13.7 Å². The summed E-state index contributed by atoms with van der Waals surface area (Å²) in [5.74, 6) is 0.828. The normalized spacial score (nSPS) is 18.2. The number of benzene rings is 1. The molecule has 0 saturated carbocycles. The van der Waals surface area contributed by atoms with Gasteiger partial charge in [0, 0.05) is 5.56 Å². The van der Waals surface area contributed by atoms with Crippen LogP contribution in [0.4, 0.5) is 4.79 Å². The van der Waals surface area contributed by atoms with E-state index in [1.165, 1.54) is 7.11 Å². The average molecular weight is 193 g/mol. The summed E-state index contributed by atoms with van der Waals surface area (Å²) in [6, 6.07) is 7.54. The lowest BCUT2D eigenvalue weighted by Crippen LogP contribution is -2.29. The first-order valence-corrected chi connectivity index (χ1v) is 4.37. The zero-order chi connectivity index (χ0) is 9.97. The molecule has 0 fully saturated rings. The van der Waals surface area contributed by atoms with Crippen LogP contribution in [0.3, 0.4) is 0 Å². The number of carbonyl (C=O) groups is 1. The summed E-state index contributed by atoms with van der Waals surface area (Å²) < 4.78 is 9.91. The first-order valence-electron chi connectivity index (χ1n) is 4.37. The Balaban J connectivity index is 2.14. The average Bonchev–Trinajstić information content (AvgIpc) is 2.62. The highest BCUT2D eigenvalue weighted by molar-refractivity contribution is 5.68. The minimum Gasteiger partial charge on any atom is -0.491 e. The van der Waals surface area contributed by atoms with Crippen LogP contribution < -0.4 is 10.1 Å². The standard InChI is InChI=1S/C10H11NO3/c1-13-10(12)11-8-6-14-9-5-3-2-4-7(8)9/h2-5,8H,6H2,1H3,(H,11,12). The summed E-state index contributed by atoms with van der Waals surface area (Å²) >= 11 is 0. The van der Waals surface area contributed by atoms with Gasteiger partial charge in [-0.3, -0.25) is 0 Å². The molecule has 14 heavy (non-hydrogen) atoms. The number of fused-ring (bicyclic) bond motifs is 1. The molecule has 1 N–H and O–H groups in total. The summed E-state index contributed by atoms with van der Waals surface area (Å²) in [6.45, 7) is 0.467. The van der Waals surface area contributed by atoms with E-state index in [2.05, 4.69) is 10.1 Å². The van der Waals surface area contributed by atoms with E-state index in [9.17, 15) is 4.79 Å². The molecule has 0 aliphatic carbocycles. The van der Waals surface area contributed by atoms with Crippen LogP contribution in [0, 0.1) is 0 Å². The van der Waals surface area contributed by atoms with Gasteiger partial charge in [0.2, 0.25) is 0 Å². The number of methoxy groups -OCH3 is 1. The van der Waals surface area contributed by atoms with Gasteiger partial charge in [-0.05, 0) is 6.07 Å². The molecule has 1 aromatic carbocycles. The molecule has 0 radical (unpaired) electrons. The summed E-state index contributed by atoms with van der Waals surface area (Å²) in [5.41, 5.74) is 0.998. The quantitative estimate of drug-likeness (QED) is 0.734. The largest absolute Gasteiger partial charge is 0.491 e. The van der Waals surface area contributed by atoms with Crippen molar-refractivity contribution in [2.45, 2.75) is 6.04 Å². The Morgan fingerprint density at radius 3 is 3.14 bits per heavy atom. The molecule has 0 bridgehead atoms. The lowest BCUT2D eigenvalue weighted by atomic mass is 10.1. The van der Waals surface area contributed by atoms with Crippen LogP contribution in [0.1, 0.15) is 11.6 Å². The molecule has 1 heterocycles. The highest BCUT2D eigenvalue weighted by Gasteiger charge is 2.24. The third kappa shape index (κ3) is 1.51. The van der Waals surface area contributed by atoms with Gasteiger partial charge in [-0.15, -0.1) is 0 Å². The minimum absolute atomic E-state index is 0.0985. The van der Waals surface area contributed by atoms with Crippen LogP contribution in [0.25, 0.3) is 0 Å². The highest BCUT2D eigenvalue weighted by Crippen LogP contribution is 2.31. The molecule has 4 nitrogen and oxygen atoms in total. The number of rotatable bonds is 1. The molecule has 1 amide bonds. The second-order valence-electron chi connectivity index (χ2n) is 3.04. The Hall–Kier alpha value is -1.71. The van der Waals surface area contributed by atoms with E-state index in [0.717, 1.165) is 11.3 Å². The molecule has 2 rings (SSSR count). The first-order chi connectivity index (χ1) is 6.81. The van der Waals surface area contributed by atoms with Crippen LogP contribution >= 0.6 is 0 Å². The van der Waals surface area contributed by atoms with Crippen molar-refractivity contribution in [3.63, 3.8) is 0 Å². The SMILES string of the molecule is COC(=O)NC1COc2ccccc21. The maximum atomic E-state index is 11.0. The Morgan fingerprint density at radius 2 is 2.36 bits per heavy atom. The molecule has 1 aliphatic rings. The number of amides is 1. The second-order valence-corrected chi connectivity index (χ2v) is 3.04. The van der Waals surface area contributed by atoms with E-state index in [4.69, 9.17) is 4.74 Å². The predicted octanol–water partition coefficient (Wildman–Crippen LogP) is 1.48. The minimum atomic E-state index is -0.435. The molecule has 4 heteroatoms. The van der Waals surface area contributed by atoms with E-state index >= 15 is 0 Å². The summed E-state index contributed by atoms with van der Waals surface area (Å²) in [4.78, 5) is 11.0. The van der Waals surface area contributed by atoms with Crippen molar-refractivity contribution in [1.29, 1.82) is 0 Å². The van der Waals surface area contributed by atoms with E-state index in [-0.39, 0.29) is 6.04 Å². The van der Waals surface area contributed by atoms with Gasteiger partial charge >= 0.3 is 6.09 Å². The van der Waals surface area contributed by atoms with Crippen LogP contribution in [-0.2, 0) is 4.74 Å². The van der Waals surface area contributed by atoms with Crippen molar-refractivity contribution in [1.82, 2.24) is 5.32 Å². The fourth-order valence-electron chi connectivity index (χ4n) is 1.48. The van der Waals surface area contributed by atoms with E-state index in [0.29, 0.717) is 6.61 Å². The van der Waals surface area contributed by atoms with Gasteiger partial charge in [-0.1, -0.05) is 18.2 Å². The Labute approximate surface area is 81.8 Å². The smallest absolute Gasteiger partial charge is 0.407 e. The van der Waals surface area contributed by atoms with Crippen molar-refractivity contribution < 1.29 is 14.3 Å². The van der Waals surface area contributed by atoms with E-state index < -0.39 is 6.09 Å². The van der Waals surface area contributed by atoms with Gasteiger partial charge < -0.3 is 14.8 Å². The Bertz CT molecular complexity index is 351. The molecule has 0 spiro atoms. The summed E-state index contributed by atoms with van der Waals surface area (Å²) in [5, 5.41) is 2.70. The van der Waals surface area contributed by atoms with Gasteiger partial charge in [-0.25, -0.2) is 4.79 Å². The number of hydrogen-bond acceptors (Lipinski definition) is 3. The van der Waals surface area contributed by atoms with E-state index in [1.54, 1.807) is 0 Å². The molecular weight excluding hydrogens is 182 g/mol. The first kappa shape index (κ1) is 8.87. The highest BCUT2D eigenvalue weighted by atomic mass is 16.5. The topological polar surface area (TPSA) is 47.6 Å². The molecule has 1 unspecified atom stereocenters. The zero-order valence-electron chi connectivity index (χ0n) is 7.82. The fraction of sp³-hybridized carbons (Fsp3) is 0.300. The van der Waals surface area contributed by atoms with Gasteiger partial charge in [0.1, 0.15) is 12.4 Å². The maximum Gasteiger partial charge on any atom is 0.407 e. The van der Waals surface area contributed by atoms with E-state index in [1.807, 2.05) is 24.3 Å². The monoisotopic (exact) mass is 193 g/mol. The lowest BCUT2D eigenvalue weighted by molar-refractivity contribution is 0.164. The van der Waals surface area contributed by atoms with Crippen LogP contribution in [0.5, 0.6) is 5.75 Å². The number of carbonyl (C=O) groups excluding carboxylic acids is 1. The molecule has 1 atom stereocenters. The molecular formula is C10H11NO3. The number of ether oxygens (including phenoxy) is 2. The number of nitrogens with one attached hydrogen (secondary N) is 1. The third-order valence-corrected chi connectivity index (χ3v) is 2.18. The molecule has 1 aromatic rings. The van der Waals surface area contributed by atoms with Gasteiger partial charge in [0.25, 0.3) is 0 Å². The third-order valence-electron chi connectivity index (χ3n) is 2.18.